The summed E-state index contributed by atoms with van der Waals surface area (Å²) in [5, 5.41) is 20.2. The fourth-order valence-electron chi connectivity index (χ4n) is 3.70. The van der Waals surface area contributed by atoms with E-state index in [-0.39, 0.29) is 43.2 Å². The fourth-order valence-corrected chi connectivity index (χ4v) is 3.70. The minimum atomic E-state index is -0.710. The van der Waals surface area contributed by atoms with Crippen molar-refractivity contribution in [2.24, 2.45) is 0 Å². The second kappa shape index (κ2) is 19.4. The summed E-state index contributed by atoms with van der Waals surface area (Å²) in [6, 6.07) is 4.31. The first-order valence-corrected chi connectivity index (χ1v) is 13.9. The Bertz CT molecular complexity index is 784. The van der Waals surface area contributed by atoms with Crippen LogP contribution in [0.2, 0.25) is 0 Å². The van der Waals surface area contributed by atoms with Crippen LogP contribution in [0, 0.1) is 0 Å². The first kappa shape index (κ1) is 33.4. The highest BCUT2D eigenvalue weighted by Gasteiger charge is 2.19. The van der Waals surface area contributed by atoms with Crippen molar-refractivity contribution in [2.75, 3.05) is 31.7 Å². The van der Waals surface area contributed by atoms with Crippen molar-refractivity contribution in [3.8, 4) is 0 Å². The molecule has 0 saturated heterocycles. The van der Waals surface area contributed by atoms with E-state index in [1.54, 1.807) is 20.8 Å². The highest BCUT2D eigenvalue weighted by Crippen LogP contribution is 2.19. The zero-order valence-electron chi connectivity index (χ0n) is 23.4. The Morgan fingerprint density at radius 3 is 1.45 bits per heavy atom. The molecule has 0 saturated carbocycles. The number of aliphatic hydroxyl groups is 2. The van der Waals surface area contributed by atoms with Crippen molar-refractivity contribution in [1.82, 2.24) is 0 Å². The molecule has 0 aliphatic heterocycles. The Morgan fingerprint density at radius 1 is 0.658 bits per heavy atom. The topological polar surface area (TPSA) is 131 Å². The van der Waals surface area contributed by atoms with Gasteiger partial charge in [0.25, 0.3) is 0 Å². The van der Waals surface area contributed by atoms with Crippen molar-refractivity contribution >= 4 is 23.7 Å². The summed E-state index contributed by atoms with van der Waals surface area (Å²) in [6.45, 7) is 6.14. The second-order valence-corrected chi connectivity index (χ2v) is 10.4. The molecule has 0 atom stereocenters. The van der Waals surface area contributed by atoms with E-state index >= 15 is 0 Å². The van der Waals surface area contributed by atoms with Crippen LogP contribution < -0.4 is 5.32 Å². The Labute approximate surface area is 227 Å². The Kier molecular flexibility index (Phi) is 17.1. The monoisotopic (exact) mass is 537 g/mol. The fraction of sp³-hybridized carbons (Fsp3) is 0.690. The van der Waals surface area contributed by atoms with Gasteiger partial charge in [-0.1, -0.05) is 51.4 Å². The van der Waals surface area contributed by atoms with Gasteiger partial charge in [0.15, 0.2) is 0 Å². The standard InChI is InChI=1S/C29H47NO8/c1-29(2,3)38-28(35)30-25-21-23(26(33)36-18-14-10-6-4-8-12-16-31)20-24(22-25)27(34)37-19-15-11-7-5-9-13-17-32/h20-22,31-32H,4-19H2,1-3H3,(H,30,35). The summed E-state index contributed by atoms with van der Waals surface area (Å²) < 4.78 is 16.1. The van der Waals surface area contributed by atoms with Crippen molar-refractivity contribution < 1.29 is 38.8 Å². The smallest absolute Gasteiger partial charge is 0.412 e. The normalized spacial score (nSPS) is 11.2. The van der Waals surface area contributed by atoms with Gasteiger partial charge in [-0.05, 0) is 64.7 Å². The minimum absolute atomic E-state index is 0.136. The molecule has 3 N–H and O–H groups in total. The number of aliphatic hydroxyl groups excluding tert-OH is 2. The number of carbonyl (C=O) groups is 3. The third kappa shape index (κ3) is 16.2. The average Bonchev–Trinajstić information content (AvgIpc) is 2.85. The number of carbonyl (C=O) groups excluding carboxylic acids is 3. The van der Waals surface area contributed by atoms with Gasteiger partial charge in [0, 0.05) is 18.9 Å². The molecule has 9 nitrogen and oxygen atoms in total. The van der Waals surface area contributed by atoms with E-state index in [1.807, 2.05) is 0 Å². The summed E-state index contributed by atoms with van der Waals surface area (Å²) in [5.74, 6) is -1.18. The lowest BCUT2D eigenvalue weighted by molar-refractivity contribution is 0.0493. The molecule has 0 spiro atoms. The lowest BCUT2D eigenvalue weighted by atomic mass is 10.1. The first-order chi connectivity index (χ1) is 18.2. The molecule has 0 aromatic heterocycles. The number of unbranched alkanes of at least 4 members (excludes halogenated alkanes) is 10. The predicted molar refractivity (Wildman–Crippen MR) is 146 cm³/mol. The average molecular weight is 538 g/mol. The van der Waals surface area contributed by atoms with Crippen LogP contribution in [0.1, 0.15) is 119 Å². The van der Waals surface area contributed by atoms with Crippen LogP contribution in [-0.4, -0.2) is 60.3 Å². The number of hydrogen-bond donors (Lipinski definition) is 3. The number of amides is 1. The number of nitrogens with one attached hydrogen (secondary N) is 1. The molecule has 0 fully saturated rings. The van der Waals surface area contributed by atoms with Gasteiger partial charge in [-0.15, -0.1) is 0 Å². The van der Waals surface area contributed by atoms with Gasteiger partial charge in [0.2, 0.25) is 0 Å². The maximum atomic E-state index is 12.7. The minimum Gasteiger partial charge on any atom is -0.462 e. The molecule has 9 heteroatoms. The highest BCUT2D eigenvalue weighted by atomic mass is 16.6. The molecule has 0 heterocycles. The Balaban J connectivity index is 2.72. The quantitative estimate of drug-likeness (QED) is 0.111. The van der Waals surface area contributed by atoms with Crippen LogP contribution in [0.15, 0.2) is 18.2 Å². The molecule has 0 radical (unpaired) electrons. The number of rotatable bonds is 19. The van der Waals surface area contributed by atoms with Crippen molar-refractivity contribution in [1.29, 1.82) is 0 Å². The van der Waals surface area contributed by atoms with Crippen LogP contribution >= 0.6 is 0 Å². The van der Waals surface area contributed by atoms with Gasteiger partial charge in [-0.3, -0.25) is 5.32 Å². The number of benzene rings is 1. The number of esters is 2. The predicted octanol–water partition coefficient (Wildman–Crippen LogP) is 6.01. The molecule has 38 heavy (non-hydrogen) atoms. The van der Waals surface area contributed by atoms with Crippen molar-refractivity contribution in [3.63, 3.8) is 0 Å². The van der Waals surface area contributed by atoms with E-state index in [4.69, 9.17) is 24.4 Å². The van der Waals surface area contributed by atoms with Crippen LogP contribution in [-0.2, 0) is 14.2 Å². The molecule has 0 unspecified atom stereocenters. The largest absolute Gasteiger partial charge is 0.462 e. The van der Waals surface area contributed by atoms with E-state index in [9.17, 15) is 14.4 Å². The van der Waals surface area contributed by atoms with Crippen LogP contribution in [0.25, 0.3) is 0 Å². The lowest BCUT2D eigenvalue weighted by Crippen LogP contribution is -2.27. The maximum absolute atomic E-state index is 12.7. The summed E-state index contributed by atoms with van der Waals surface area (Å²) in [4.78, 5) is 37.7. The molecular weight excluding hydrogens is 490 g/mol. The maximum Gasteiger partial charge on any atom is 0.412 e. The van der Waals surface area contributed by atoms with E-state index in [1.165, 1.54) is 18.2 Å². The van der Waals surface area contributed by atoms with Crippen LogP contribution in [0.3, 0.4) is 0 Å². The molecule has 216 valence electrons. The zero-order chi connectivity index (χ0) is 28.2. The molecule has 0 aliphatic carbocycles. The summed E-state index contributed by atoms with van der Waals surface area (Å²) in [5.41, 5.74) is -0.207. The highest BCUT2D eigenvalue weighted by molar-refractivity contribution is 5.98. The Hall–Kier alpha value is -2.65. The molecule has 0 aliphatic rings. The van der Waals surface area contributed by atoms with Crippen LogP contribution in [0.5, 0.6) is 0 Å². The molecule has 1 rings (SSSR count). The van der Waals surface area contributed by atoms with E-state index in [2.05, 4.69) is 5.32 Å². The third-order valence-electron chi connectivity index (χ3n) is 5.62. The van der Waals surface area contributed by atoms with E-state index in [0.29, 0.717) is 0 Å². The van der Waals surface area contributed by atoms with E-state index < -0.39 is 23.6 Å². The number of anilines is 1. The Morgan fingerprint density at radius 2 is 1.05 bits per heavy atom. The van der Waals surface area contributed by atoms with Crippen LogP contribution in [0.4, 0.5) is 10.5 Å². The summed E-state index contributed by atoms with van der Waals surface area (Å²) in [6.07, 6.45) is 10.2. The molecule has 0 bridgehead atoms. The third-order valence-corrected chi connectivity index (χ3v) is 5.62. The second-order valence-electron chi connectivity index (χ2n) is 10.4. The van der Waals surface area contributed by atoms with E-state index in [0.717, 1.165) is 77.0 Å². The number of hydrogen-bond acceptors (Lipinski definition) is 8. The van der Waals surface area contributed by atoms with Gasteiger partial charge in [-0.25, -0.2) is 14.4 Å². The van der Waals surface area contributed by atoms with Gasteiger partial charge in [0.05, 0.1) is 24.3 Å². The van der Waals surface area contributed by atoms with Gasteiger partial charge in [0.1, 0.15) is 5.60 Å². The van der Waals surface area contributed by atoms with Gasteiger partial charge < -0.3 is 24.4 Å². The summed E-state index contributed by atoms with van der Waals surface area (Å²) in [7, 11) is 0. The molecule has 1 aromatic rings. The van der Waals surface area contributed by atoms with Gasteiger partial charge >= 0.3 is 18.0 Å². The van der Waals surface area contributed by atoms with Crippen molar-refractivity contribution in [2.45, 2.75) is 103 Å². The molecule has 1 aromatic carbocycles. The lowest BCUT2D eigenvalue weighted by Gasteiger charge is -2.20. The SMILES string of the molecule is CC(C)(C)OC(=O)Nc1cc(C(=O)OCCCCCCCCO)cc(C(=O)OCCCCCCCCO)c1. The summed E-state index contributed by atoms with van der Waals surface area (Å²) >= 11 is 0. The van der Waals surface area contributed by atoms with Gasteiger partial charge in [-0.2, -0.15) is 0 Å². The zero-order valence-corrected chi connectivity index (χ0v) is 23.4. The molecule has 1 amide bonds. The first-order valence-electron chi connectivity index (χ1n) is 13.9. The molecular formula is C29H47NO8. The number of ether oxygens (including phenoxy) is 3. The van der Waals surface area contributed by atoms with Crippen molar-refractivity contribution in [3.05, 3.63) is 29.3 Å².